The van der Waals surface area contributed by atoms with Crippen LogP contribution in [0.15, 0.2) is 47.6 Å². The highest BCUT2D eigenvalue weighted by atomic mass is 32.2. The zero-order chi connectivity index (χ0) is 20.0. The molecule has 29 heavy (non-hydrogen) atoms. The predicted molar refractivity (Wildman–Crippen MR) is 104 cm³/mol. The number of hydrogen-bond donors (Lipinski definition) is 2. The largest absolute Gasteiger partial charge is 0.375 e. The Balaban J connectivity index is 1.25. The van der Waals surface area contributed by atoms with E-state index in [-0.39, 0.29) is 29.5 Å². The maximum atomic E-state index is 12.9. The highest BCUT2D eigenvalue weighted by Gasteiger charge is 2.45. The number of ether oxygens (including phenoxy) is 1. The van der Waals surface area contributed by atoms with Crippen LogP contribution in [0.1, 0.15) is 22.3 Å². The van der Waals surface area contributed by atoms with Gasteiger partial charge in [-0.15, -0.1) is 0 Å². The second-order valence-corrected chi connectivity index (χ2v) is 9.17. The topological polar surface area (TPSA) is 117 Å². The van der Waals surface area contributed by atoms with E-state index in [0.29, 0.717) is 24.4 Å². The molecule has 2 atom stereocenters. The molecular formula is C19H19N5O4S. The van der Waals surface area contributed by atoms with Gasteiger partial charge in [-0.25, -0.2) is 13.4 Å². The minimum Gasteiger partial charge on any atom is -0.375 e. The average Bonchev–Trinajstić information content (AvgIpc) is 3.48. The van der Waals surface area contributed by atoms with Crippen LogP contribution in [0.5, 0.6) is 0 Å². The molecule has 0 spiro atoms. The van der Waals surface area contributed by atoms with E-state index < -0.39 is 10.0 Å². The smallest absolute Gasteiger partial charge is 0.253 e. The average molecular weight is 413 g/mol. The molecule has 4 heterocycles. The van der Waals surface area contributed by atoms with Crippen LogP contribution in [0.2, 0.25) is 0 Å². The van der Waals surface area contributed by atoms with Crippen LogP contribution in [0.4, 0.5) is 0 Å². The third-order valence-corrected chi connectivity index (χ3v) is 7.32. The van der Waals surface area contributed by atoms with Gasteiger partial charge in [0.25, 0.3) is 5.91 Å². The quantitative estimate of drug-likeness (QED) is 0.646. The lowest BCUT2D eigenvalue weighted by atomic mass is 10.2. The Labute approximate surface area is 167 Å². The van der Waals surface area contributed by atoms with E-state index in [1.165, 1.54) is 10.5 Å². The van der Waals surface area contributed by atoms with Crippen molar-refractivity contribution in [1.82, 2.24) is 24.8 Å². The molecule has 0 aliphatic carbocycles. The maximum Gasteiger partial charge on any atom is 0.253 e. The lowest BCUT2D eigenvalue weighted by Gasteiger charge is -2.26. The van der Waals surface area contributed by atoms with Gasteiger partial charge in [-0.1, -0.05) is 12.1 Å². The van der Waals surface area contributed by atoms with Gasteiger partial charge in [-0.05, 0) is 30.2 Å². The Morgan fingerprint density at radius 2 is 2.10 bits per heavy atom. The van der Waals surface area contributed by atoms with Gasteiger partial charge in [-0.2, -0.15) is 9.40 Å². The predicted octanol–water partition coefficient (Wildman–Crippen LogP) is 1.05. The Bertz CT molecular complexity index is 1170. The number of nitrogens with one attached hydrogen (secondary N) is 2. The number of aromatic nitrogens is 3. The molecule has 150 valence electrons. The van der Waals surface area contributed by atoms with E-state index >= 15 is 0 Å². The molecule has 1 aromatic carbocycles. The second-order valence-electron chi connectivity index (χ2n) is 7.28. The summed E-state index contributed by atoms with van der Waals surface area (Å²) in [5.74, 6) is -0.259. The van der Waals surface area contributed by atoms with Crippen molar-refractivity contribution in [1.29, 1.82) is 0 Å². The fourth-order valence-corrected chi connectivity index (χ4v) is 5.47. The van der Waals surface area contributed by atoms with Crippen molar-refractivity contribution >= 4 is 27.0 Å². The Hall–Kier alpha value is -2.82. The van der Waals surface area contributed by atoms with Crippen LogP contribution in [0.3, 0.4) is 0 Å². The number of sulfonamides is 1. The van der Waals surface area contributed by atoms with Crippen molar-refractivity contribution in [3.05, 3.63) is 53.9 Å². The van der Waals surface area contributed by atoms with Gasteiger partial charge < -0.3 is 10.1 Å². The van der Waals surface area contributed by atoms with Gasteiger partial charge in [0.05, 0.1) is 35.4 Å². The first-order chi connectivity index (χ1) is 14.0. The number of morpholine rings is 1. The van der Waals surface area contributed by atoms with Gasteiger partial charge >= 0.3 is 0 Å². The summed E-state index contributed by atoms with van der Waals surface area (Å²) in [6.07, 6.45) is 3.87. The Kier molecular flexibility index (Phi) is 4.34. The van der Waals surface area contributed by atoms with Crippen LogP contribution in [-0.4, -0.2) is 59.1 Å². The number of amides is 1. The zero-order valence-electron chi connectivity index (χ0n) is 15.4. The zero-order valence-corrected chi connectivity index (χ0v) is 16.2. The highest BCUT2D eigenvalue weighted by molar-refractivity contribution is 7.89. The van der Waals surface area contributed by atoms with Crippen molar-refractivity contribution in [3.63, 3.8) is 0 Å². The van der Waals surface area contributed by atoms with E-state index in [9.17, 15) is 13.2 Å². The van der Waals surface area contributed by atoms with Crippen molar-refractivity contribution in [3.8, 4) is 0 Å². The van der Waals surface area contributed by atoms with E-state index in [1.54, 1.807) is 36.5 Å². The molecule has 2 N–H and O–H groups in total. The first-order valence-corrected chi connectivity index (χ1v) is 10.7. The van der Waals surface area contributed by atoms with Crippen molar-refractivity contribution in [2.75, 3.05) is 13.2 Å². The van der Waals surface area contributed by atoms with E-state index in [0.717, 1.165) is 17.4 Å². The Morgan fingerprint density at radius 1 is 1.28 bits per heavy atom. The summed E-state index contributed by atoms with van der Waals surface area (Å²) in [6.45, 7) is 1.16. The SMILES string of the molecule is O=C(NCc1ccc(S(=O)(=O)N2C[C@@H]3C[C@H]2CO3)cc1)c1cnc2[nH]ncc2c1. The molecule has 10 heteroatoms. The molecule has 9 nitrogen and oxygen atoms in total. The molecular weight excluding hydrogens is 394 g/mol. The first kappa shape index (κ1) is 18.2. The fourth-order valence-electron chi connectivity index (χ4n) is 3.82. The van der Waals surface area contributed by atoms with E-state index in [1.807, 2.05) is 0 Å². The normalized spacial score (nSPS) is 21.7. The van der Waals surface area contributed by atoms with Crippen LogP contribution >= 0.6 is 0 Å². The number of benzene rings is 1. The maximum absolute atomic E-state index is 12.9. The van der Waals surface area contributed by atoms with Crippen molar-refractivity contribution in [2.45, 2.75) is 30.0 Å². The number of pyridine rings is 1. The molecule has 2 fully saturated rings. The number of carbonyl (C=O) groups excluding carboxylic acids is 1. The molecule has 2 saturated heterocycles. The number of H-pyrrole nitrogens is 1. The molecule has 2 bridgehead atoms. The lowest BCUT2D eigenvalue weighted by Crippen LogP contribution is -2.41. The number of nitrogens with zero attached hydrogens (tertiary/aromatic N) is 3. The minimum absolute atomic E-state index is 0.0139. The van der Waals surface area contributed by atoms with Crippen LogP contribution in [0.25, 0.3) is 11.0 Å². The van der Waals surface area contributed by atoms with Gasteiger partial charge in [0.2, 0.25) is 10.0 Å². The van der Waals surface area contributed by atoms with Crippen LogP contribution in [-0.2, 0) is 21.3 Å². The summed E-state index contributed by atoms with van der Waals surface area (Å²) in [5, 5.41) is 10.2. The molecule has 2 aliphatic rings. The third-order valence-electron chi connectivity index (χ3n) is 5.39. The molecule has 0 saturated carbocycles. The number of aromatic amines is 1. The Morgan fingerprint density at radius 3 is 2.83 bits per heavy atom. The number of fused-ring (bicyclic) bond motifs is 3. The summed E-state index contributed by atoms with van der Waals surface area (Å²) in [6, 6.07) is 8.26. The standard InChI is InChI=1S/C19H19N5O4S/c25-19(14-5-13-9-22-23-18(13)20-8-14)21-7-12-1-3-17(4-2-12)29(26,27)24-10-16-6-15(24)11-28-16/h1-5,8-9,15-16H,6-7,10-11H2,(H,21,25)(H,20,22,23)/t15-,16-/m0/s1. The molecule has 2 aromatic heterocycles. The lowest BCUT2D eigenvalue weighted by molar-refractivity contribution is 0.0608. The monoisotopic (exact) mass is 413 g/mol. The van der Waals surface area contributed by atoms with Gasteiger partial charge in [0.15, 0.2) is 5.65 Å². The van der Waals surface area contributed by atoms with Gasteiger partial charge in [-0.3, -0.25) is 9.89 Å². The highest BCUT2D eigenvalue weighted by Crippen LogP contribution is 2.32. The number of carbonyl (C=O) groups is 1. The van der Waals surface area contributed by atoms with Crippen LogP contribution < -0.4 is 5.32 Å². The molecule has 3 aromatic rings. The van der Waals surface area contributed by atoms with Crippen molar-refractivity contribution < 1.29 is 17.9 Å². The summed E-state index contributed by atoms with van der Waals surface area (Å²) >= 11 is 0. The molecule has 1 amide bonds. The fraction of sp³-hybridized carbons (Fsp3) is 0.316. The van der Waals surface area contributed by atoms with Crippen molar-refractivity contribution in [2.24, 2.45) is 0 Å². The number of hydrogen-bond acceptors (Lipinski definition) is 6. The molecule has 0 radical (unpaired) electrons. The second kappa shape index (κ2) is 6.90. The van der Waals surface area contributed by atoms with Gasteiger partial charge in [0, 0.05) is 24.7 Å². The van der Waals surface area contributed by atoms with E-state index in [2.05, 4.69) is 20.5 Å². The minimum atomic E-state index is -3.53. The molecule has 5 rings (SSSR count). The summed E-state index contributed by atoms with van der Waals surface area (Å²) in [7, 11) is -3.53. The molecule has 2 aliphatic heterocycles. The van der Waals surface area contributed by atoms with Crippen LogP contribution in [0, 0.1) is 0 Å². The summed E-state index contributed by atoms with van der Waals surface area (Å²) in [4.78, 5) is 16.8. The first-order valence-electron chi connectivity index (χ1n) is 9.30. The van der Waals surface area contributed by atoms with E-state index in [4.69, 9.17) is 4.74 Å². The molecule has 0 unspecified atom stereocenters. The summed E-state index contributed by atoms with van der Waals surface area (Å²) in [5.41, 5.74) is 1.86. The van der Waals surface area contributed by atoms with Gasteiger partial charge in [0.1, 0.15) is 0 Å². The number of rotatable bonds is 5. The third kappa shape index (κ3) is 3.28. The summed E-state index contributed by atoms with van der Waals surface area (Å²) < 4.78 is 32.7.